The average molecular weight is 282 g/mol. The van der Waals surface area contributed by atoms with Gasteiger partial charge in [-0.1, -0.05) is 29.4 Å². The van der Waals surface area contributed by atoms with Gasteiger partial charge in [0.25, 0.3) is 5.89 Å². The molecule has 0 spiro atoms. The van der Waals surface area contributed by atoms with Crippen molar-refractivity contribution in [2.45, 2.75) is 6.61 Å². The predicted molar refractivity (Wildman–Crippen MR) is 77.1 cm³/mol. The van der Waals surface area contributed by atoms with Gasteiger partial charge in [-0.15, -0.1) is 0 Å². The molecule has 0 atom stereocenters. The molecule has 5 nitrogen and oxygen atoms in total. The fourth-order valence-electron chi connectivity index (χ4n) is 1.85. The molecule has 0 saturated carbocycles. The Balaban J connectivity index is 1.67. The summed E-state index contributed by atoms with van der Waals surface area (Å²) in [5.41, 5.74) is 0.887. The Bertz CT molecular complexity index is 710. The van der Waals surface area contributed by atoms with Crippen LogP contribution < -0.4 is 9.47 Å². The van der Waals surface area contributed by atoms with Gasteiger partial charge in [0.1, 0.15) is 11.5 Å². The van der Waals surface area contributed by atoms with Gasteiger partial charge in [0.05, 0.1) is 7.11 Å². The molecule has 0 bridgehead atoms. The van der Waals surface area contributed by atoms with Crippen molar-refractivity contribution >= 4 is 0 Å². The third-order valence-corrected chi connectivity index (χ3v) is 2.90. The van der Waals surface area contributed by atoms with Crippen molar-refractivity contribution in [3.8, 4) is 23.0 Å². The highest BCUT2D eigenvalue weighted by atomic mass is 16.5. The Hall–Kier alpha value is -2.82. The van der Waals surface area contributed by atoms with Gasteiger partial charge in [0.15, 0.2) is 6.61 Å². The van der Waals surface area contributed by atoms with Gasteiger partial charge in [-0.05, 0) is 24.3 Å². The van der Waals surface area contributed by atoms with Gasteiger partial charge in [-0.2, -0.15) is 4.98 Å². The van der Waals surface area contributed by atoms with E-state index in [-0.39, 0.29) is 6.61 Å². The molecule has 5 heteroatoms. The fraction of sp³-hybridized carbons (Fsp3) is 0.125. The highest BCUT2D eigenvalue weighted by Crippen LogP contribution is 2.20. The number of aromatic nitrogens is 2. The lowest BCUT2D eigenvalue weighted by atomic mass is 10.2. The van der Waals surface area contributed by atoms with Crippen LogP contribution in [0, 0.1) is 0 Å². The van der Waals surface area contributed by atoms with E-state index in [2.05, 4.69) is 10.1 Å². The van der Waals surface area contributed by atoms with Crippen LogP contribution in [0.4, 0.5) is 0 Å². The minimum absolute atomic E-state index is 0.240. The topological polar surface area (TPSA) is 57.4 Å². The Morgan fingerprint density at radius 3 is 2.62 bits per heavy atom. The molecule has 21 heavy (non-hydrogen) atoms. The second-order valence-corrected chi connectivity index (χ2v) is 4.35. The predicted octanol–water partition coefficient (Wildman–Crippen LogP) is 3.32. The summed E-state index contributed by atoms with van der Waals surface area (Å²) in [5.74, 6) is 2.42. The van der Waals surface area contributed by atoms with E-state index in [0.717, 1.165) is 11.3 Å². The number of hydrogen-bond donors (Lipinski definition) is 0. The van der Waals surface area contributed by atoms with Crippen molar-refractivity contribution in [1.82, 2.24) is 10.1 Å². The summed E-state index contributed by atoms with van der Waals surface area (Å²) >= 11 is 0. The first-order chi connectivity index (χ1) is 10.3. The van der Waals surface area contributed by atoms with Gasteiger partial charge >= 0.3 is 0 Å². The van der Waals surface area contributed by atoms with E-state index in [0.29, 0.717) is 17.5 Å². The molecule has 0 amide bonds. The van der Waals surface area contributed by atoms with Crippen LogP contribution in [-0.4, -0.2) is 17.3 Å². The van der Waals surface area contributed by atoms with E-state index in [1.54, 1.807) is 13.2 Å². The molecule has 0 aliphatic carbocycles. The van der Waals surface area contributed by atoms with Crippen molar-refractivity contribution in [3.63, 3.8) is 0 Å². The average Bonchev–Trinajstić information content (AvgIpc) is 3.03. The van der Waals surface area contributed by atoms with Crippen LogP contribution in [0.15, 0.2) is 59.1 Å². The van der Waals surface area contributed by atoms with Crippen molar-refractivity contribution in [3.05, 3.63) is 60.4 Å². The summed E-state index contributed by atoms with van der Waals surface area (Å²) < 4.78 is 16.0. The first-order valence-corrected chi connectivity index (χ1v) is 6.50. The van der Waals surface area contributed by atoms with E-state index >= 15 is 0 Å². The zero-order valence-corrected chi connectivity index (χ0v) is 11.5. The minimum atomic E-state index is 0.240. The van der Waals surface area contributed by atoms with Crippen molar-refractivity contribution < 1.29 is 14.0 Å². The second kappa shape index (κ2) is 6.09. The van der Waals surface area contributed by atoms with Gasteiger partial charge in [-0.25, -0.2) is 0 Å². The monoisotopic (exact) mass is 282 g/mol. The quantitative estimate of drug-likeness (QED) is 0.718. The normalized spacial score (nSPS) is 10.3. The number of methoxy groups -OCH3 is 1. The Morgan fingerprint density at radius 2 is 1.81 bits per heavy atom. The third-order valence-electron chi connectivity index (χ3n) is 2.90. The number of ether oxygens (including phenoxy) is 2. The molecule has 0 aliphatic rings. The van der Waals surface area contributed by atoms with Crippen molar-refractivity contribution in [2.75, 3.05) is 7.11 Å². The van der Waals surface area contributed by atoms with E-state index in [1.165, 1.54) is 0 Å². The molecular formula is C16H14N2O3. The van der Waals surface area contributed by atoms with Gasteiger partial charge < -0.3 is 14.0 Å². The van der Waals surface area contributed by atoms with Crippen LogP contribution >= 0.6 is 0 Å². The highest BCUT2D eigenvalue weighted by Gasteiger charge is 2.09. The zero-order chi connectivity index (χ0) is 14.5. The van der Waals surface area contributed by atoms with Gasteiger partial charge in [0, 0.05) is 11.6 Å². The number of benzene rings is 2. The lowest BCUT2D eigenvalue weighted by molar-refractivity contribution is 0.285. The Labute approximate surface area is 122 Å². The molecule has 0 fully saturated rings. The summed E-state index contributed by atoms with van der Waals surface area (Å²) in [6.07, 6.45) is 0. The SMILES string of the molecule is COc1cccc(OCc2noc(-c3ccccc3)n2)c1. The van der Waals surface area contributed by atoms with Gasteiger partial charge in [0.2, 0.25) is 5.82 Å². The lowest BCUT2D eigenvalue weighted by Crippen LogP contribution is -1.97. The molecule has 0 unspecified atom stereocenters. The first-order valence-electron chi connectivity index (χ1n) is 6.50. The lowest BCUT2D eigenvalue weighted by Gasteiger charge is -2.05. The van der Waals surface area contributed by atoms with E-state index < -0.39 is 0 Å². The number of rotatable bonds is 5. The maximum Gasteiger partial charge on any atom is 0.258 e. The summed E-state index contributed by atoms with van der Waals surface area (Å²) in [5, 5.41) is 3.91. The number of nitrogens with zero attached hydrogens (tertiary/aromatic N) is 2. The molecule has 2 aromatic carbocycles. The van der Waals surface area contributed by atoms with E-state index in [4.69, 9.17) is 14.0 Å². The molecule has 0 N–H and O–H groups in total. The summed E-state index contributed by atoms with van der Waals surface area (Å²) in [6.45, 7) is 0.240. The summed E-state index contributed by atoms with van der Waals surface area (Å²) in [4.78, 5) is 4.30. The van der Waals surface area contributed by atoms with Crippen LogP contribution in [-0.2, 0) is 6.61 Å². The Morgan fingerprint density at radius 1 is 1.00 bits per heavy atom. The van der Waals surface area contributed by atoms with E-state index in [1.807, 2.05) is 48.5 Å². The number of hydrogen-bond acceptors (Lipinski definition) is 5. The maximum atomic E-state index is 5.62. The molecule has 0 aliphatic heterocycles. The van der Waals surface area contributed by atoms with Gasteiger partial charge in [-0.3, -0.25) is 0 Å². The molecule has 3 rings (SSSR count). The fourth-order valence-corrected chi connectivity index (χ4v) is 1.85. The highest BCUT2D eigenvalue weighted by molar-refractivity contribution is 5.51. The first kappa shape index (κ1) is 13.2. The summed E-state index contributed by atoms with van der Waals surface area (Å²) in [7, 11) is 1.62. The third kappa shape index (κ3) is 3.20. The van der Waals surface area contributed by atoms with Crippen molar-refractivity contribution in [1.29, 1.82) is 0 Å². The molecule has 1 heterocycles. The van der Waals surface area contributed by atoms with Crippen LogP contribution in [0.3, 0.4) is 0 Å². The van der Waals surface area contributed by atoms with Crippen LogP contribution in [0.5, 0.6) is 11.5 Å². The molecule has 0 radical (unpaired) electrons. The molecule has 1 aromatic heterocycles. The van der Waals surface area contributed by atoms with Crippen molar-refractivity contribution in [2.24, 2.45) is 0 Å². The molecule has 0 saturated heterocycles. The zero-order valence-electron chi connectivity index (χ0n) is 11.5. The smallest absolute Gasteiger partial charge is 0.258 e. The van der Waals surface area contributed by atoms with E-state index in [9.17, 15) is 0 Å². The minimum Gasteiger partial charge on any atom is -0.497 e. The maximum absolute atomic E-state index is 5.62. The standard InChI is InChI=1S/C16H14N2O3/c1-19-13-8-5-9-14(10-13)20-11-15-17-16(21-18-15)12-6-3-2-4-7-12/h2-10H,11H2,1H3. The molecule has 3 aromatic rings. The molecular weight excluding hydrogens is 268 g/mol. The summed E-state index contributed by atoms with van der Waals surface area (Å²) in [6, 6.07) is 17.0. The van der Waals surface area contributed by atoms with Crippen LogP contribution in [0.1, 0.15) is 5.82 Å². The van der Waals surface area contributed by atoms with Crippen LogP contribution in [0.2, 0.25) is 0 Å². The van der Waals surface area contributed by atoms with Crippen LogP contribution in [0.25, 0.3) is 11.5 Å². The largest absolute Gasteiger partial charge is 0.497 e. The molecule has 106 valence electrons. The second-order valence-electron chi connectivity index (χ2n) is 4.35. The Kier molecular flexibility index (Phi) is 3.82.